The van der Waals surface area contributed by atoms with E-state index in [-0.39, 0.29) is 11.7 Å². The molecule has 0 saturated heterocycles. The second kappa shape index (κ2) is 4.09. The van der Waals surface area contributed by atoms with Crippen molar-refractivity contribution in [1.82, 2.24) is 0 Å². The van der Waals surface area contributed by atoms with E-state index in [1.54, 1.807) is 6.07 Å². The Kier molecular flexibility index (Phi) is 3.08. The van der Waals surface area contributed by atoms with Crippen LogP contribution in [0.1, 0.15) is 5.56 Å². The van der Waals surface area contributed by atoms with Crippen molar-refractivity contribution in [3.63, 3.8) is 0 Å². The molecular weight excluding hydrogens is 193 g/mol. The molecule has 13 heavy (non-hydrogen) atoms. The molecule has 0 aliphatic heterocycles. The zero-order valence-electron chi connectivity index (χ0n) is 6.80. The fourth-order valence-corrected chi connectivity index (χ4v) is 1.14. The van der Waals surface area contributed by atoms with Crippen LogP contribution in [0, 0.1) is 5.82 Å². The molecule has 0 saturated carbocycles. The fraction of sp³-hybridized carbons (Fsp3) is 0.125. The third kappa shape index (κ3) is 2.59. The topological polar surface area (TPSA) is 64.4 Å². The fourth-order valence-electron chi connectivity index (χ4n) is 0.906. The van der Waals surface area contributed by atoms with E-state index in [2.05, 4.69) is 5.10 Å². The van der Waals surface area contributed by atoms with Crippen molar-refractivity contribution in [2.75, 3.05) is 0 Å². The van der Waals surface area contributed by atoms with Crippen LogP contribution in [0.25, 0.3) is 0 Å². The Morgan fingerprint density at radius 1 is 1.54 bits per heavy atom. The standard InChI is InChI=1S/C8H9ClFN3/c9-7-4-6(10)2-1-5(7)3-8(11)13-12/h1-2,4H,3,12H2,(H2,11,13). The molecule has 70 valence electrons. The van der Waals surface area contributed by atoms with E-state index in [0.29, 0.717) is 17.0 Å². The van der Waals surface area contributed by atoms with Gasteiger partial charge in [-0.05, 0) is 17.7 Å². The molecule has 1 aromatic carbocycles. The van der Waals surface area contributed by atoms with E-state index >= 15 is 0 Å². The van der Waals surface area contributed by atoms with Crippen LogP contribution in [0.4, 0.5) is 4.39 Å². The van der Waals surface area contributed by atoms with Crippen molar-refractivity contribution < 1.29 is 4.39 Å². The van der Waals surface area contributed by atoms with Crippen molar-refractivity contribution in [2.24, 2.45) is 16.7 Å². The number of halogens is 2. The molecule has 0 aliphatic rings. The summed E-state index contributed by atoms with van der Waals surface area (Å²) in [6, 6.07) is 4.08. The smallest absolute Gasteiger partial charge is 0.124 e. The first kappa shape index (κ1) is 9.80. The molecule has 4 N–H and O–H groups in total. The monoisotopic (exact) mass is 201 g/mol. The molecule has 1 aromatic rings. The molecule has 0 bridgehead atoms. The normalized spacial score (nSPS) is 11.7. The third-order valence-corrected chi connectivity index (χ3v) is 1.90. The predicted octanol–water partition coefficient (Wildman–Crippen LogP) is 1.25. The molecule has 0 aliphatic carbocycles. The molecule has 0 fully saturated rings. The maximum Gasteiger partial charge on any atom is 0.124 e. The van der Waals surface area contributed by atoms with Gasteiger partial charge in [-0.2, -0.15) is 5.10 Å². The molecule has 0 amide bonds. The van der Waals surface area contributed by atoms with Crippen LogP contribution < -0.4 is 11.6 Å². The van der Waals surface area contributed by atoms with Gasteiger partial charge in [0, 0.05) is 11.4 Å². The number of nitrogens with two attached hydrogens (primary N) is 2. The first-order valence-electron chi connectivity index (χ1n) is 3.59. The molecule has 0 unspecified atom stereocenters. The Morgan fingerprint density at radius 2 is 2.23 bits per heavy atom. The summed E-state index contributed by atoms with van der Waals surface area (Å²) in [4.78, 5) is 0. The molecule has 0 atom stereocenters. The highest BCUT2D eigenvalue weighted by atomic mass is 35.5. The minimum absolute atomic E-state index is 0.258. The Labute approximate surface area is 80.2 Å². The largest absolute Gasteiger partial charge is 0.385 e. The van der Waals surface area contributed by atoms with Crippen LogP contribution >= 0.6 is 11.6 Å². The van der Waals surface area contributed by atoms with Gasteiger partial charge in [0.25, 0.3) is 0 Å². The summed E-state index contributed by atoms with van der Waals surface area (Å²) >= 11 is 5.74. The van der Waals surface area contributed by atoms with Crippen molar-refractivity contribution in [3.8, 4) is 0 Å². The predicted molar refractivity (Wildman–Crippen MR) is 50.9 cm³/mol. The van der Waals surface area contributed by atoms with Gasteiger partial charge < -0.3 is 11.6 Å². The highest BCUT2D eigenvalue weighted by Crippen LogP contribution is 2.17. The van der Waals surface area contributed by atoms with E-state index in [1.807, 2.05) is 0 Å². The van der Waals surface area contributed by atoms with E-state index in [1.165, 1.54) is 12.1 Å². The zero-order chi connectivity index (χ0) is 9.84. The minimum Gasteiger partial charge on any atom is -0.385 e. The highest BCUT2D eigenvalue weighted by Gasteiger charge is 2.03. The zero-order valence-corrected chi connectivity index (χ0v) is 7.55. The summed E-state index contributed by atoms with van der Waals surface area (Å²) in [7, 11) is 0. The van der Waals surface area contributed by atoms with Gasteiger partial charge >= 0.3 is 0 Å². The van der Waals surface area contributed by atoms with Crippen LogP contribution in [0.2, 0.25) is 5.02 Å². The van der Waals surface area contributed by atoms with Crippen LogP contribution in [-0.4, -0.2) is 5.84 Å². The van der Waals surface area contributed by atoms with Gasteiger partial charge in [-0.25, -0.2) is 4.39 Å². The second-order valence-corrected chi connectivity index (χ2v) is 2.94. The maximum absolute atomic E-state index is 12.6. The Bertz CT molecular complexity index is 338. The minimum atomic E-state index is -0.378. The lowest BCUT2D eigenvalue weighted by Gasteiger charge is -2.02. The second-order valence-electron chi connectivity index (χ2n) is 2.53. The number of nitrogens with zero attached hydrogens (tertiary/aromatic N) is 1. The van der Waals surface area contributed by atoms with Crippen LogP contribution in [0.3, 0.4) is 0 Å². The number of hydrazone groups is 1. The van der Waals surface area contributed by atoms with Gasteiger partial charge in [-0.1, -0.05) is 17.7 Å². The summed E-state index contributed by atoms with van der Waals surface area (Å²) < 4.78 is 12.6. The number of benzene rings is 1. The average molecular weight is 202 g/mol. The highest BCUT2D eigenvalue weighted by molar-refractivity contribution is 6.31. The molecule has 0 radical (unpaired) electrons. The number of amidine groups is 1. The molecule has 0 spiro atoms. The SMILES string of the molecule is N/N=C(/N)Cc1ccc(F)cc1Cl. The Hall–Kier alpha value is -1.29. The van der Waals surface area contributed by atoms with Crippen molar-refractivity contribution in [3.05, 3.63) is 34.6 Å². The van der Waals surface area contributed by atoms with E-state index in [0.717, 1.165) is 0 Å². The third-order valence-electron chi connectivity index (χ3n) is 1.55. The lowest BCUT2D eigenvalue weighted by Crippen LogP contribution is -2.17. The first-order chi connectivity index (χ1) is 6.13. The molecule has 0 aromatic heterocycles. The lowest BCUT2D eigenvalue weighted by atomic mass is 10.1. The molecule has 5 heteroatoms. The summed E-state index contributed by atoms with van der Waals surface area (Å²) in [5.41, 5.74) is 6.09. The van der Waals surface area contributed by atoms with Gasteiger partial charge in [-0.3, -0.25) is 0 Å². The number of rotatable bonds is 2. The number of hydrogen-bond donors (Lipinski definition) is 2. The van der Waals surface area contributed by atoms with Gasteiger partial charge in [0.05, 0.1) is 0 Å². The van der Waals surface area contributed by atoms with Gasteiger partial charge in [0.1, 0.15) is 11.7 Å². The van der Waals surface area contributed by atoms with Crippen molar-refractivity contribution in [1.29, 1.82) is 0 Å². The molecular formula is C8H9ClFN3. The summed E-state index contributed by atoms with van der Waals surface area (Å²) in [5.74, 6) is 4.83. The van der Waals surface area contributed by atoms with Crippen LogP contribution in [0.5, 0.6) is 0 Å². The van der Waals surface area contributed by atoms with Crippen molar-refractivity contribution in [2.45, 2.75) is 6.42 Å². The van der Waals surface area contributed by atoms with E-state index < -0.39 is 0 Å². The molecule has 1 rings (SSSR count). The molecule has 0 heterocycles. The summed E-state index contributed by atoms with van der Waals surface area (Å²) in [5, 5.41) is 3.61. The Balaban J connectivity index is 2.90. The average Bonchev–Trinajstić information content (AvgIpc) is 2.09. The van der Waals surface area contributed by atoms with Gasteiger partial charge in [0.2, 0.25) is 0 Å². The van der Waals surface area contributed by atoms with Crippen LogP contribution in [-0.2, 0) is 6.42 Å². The Morgan fingerprint density at radius 3 is 2.77 bits per heavy atom. The summed E-state index contributed by atoms with van der Waals surface area (Å²) in [6.45, 7) is 0. The van der Waals surface area contributed by atoms with Gasteiger partial charge in [0.15, 0.2) is 0 Å². The summed E-state index contributed by atoms with van der Waals surface area (Å²) in [6.07, 6.45) is 0.329. The van der Waals surface area contributed by atoms with Crippen LogP contribution in [0.15, 0.2) is 23.3 Å². The number of hydrogen-bond acceptors (Lipinski definition) is 2. The van der Waals surface area contributed by atoms with E-state index in [4.69, 9.17) is 23.2 Å². The van der Waals surface area contributed by atoms with E-state index in [9.17, 15) is 4.39 Å². The lowest BCUT2D eigenvalue weighted by molar-refractivity contribution is 0.627. The first-order valence-corrected chi connectivity index (χ1v) is 3.97. The quantitative estimate of drug-likeness (QED) is 0.327. The van der Waals surface area contributed by atoms with Crippen molar-refractivity contribution >= 4 is 17.4 Å². The molecule has 3 nitrogen and oxygen atoms in total. The van der Waals surface area contributed by atoms with Gasteiger partial charge in [-0.15, -0.1) is 0 Å². The maximum atomic E-state index is 12.6.